The van der Waals surface area contributed by atoms with Crippen LogP contribution >= 0.6 is 0 Å². The molecule has 2 aromatic carbocycles. The van der Waals surface area contributed by atoms with Crippen LogP contribution < -0.4 is 20.1 Å². The Balaban J connectivity index is 1.37. The third-order valence-corrected chi connectivity index (χ3v) is 6.14. The van der Waals surface area contributed by atoms with E-state index in [1.165, 1.54) is 0 Å². The molecule has 1 heterocycles. The fourth-order valence-corrected chi connectivity index (χ4v) is 4.54. The zero-order chi connectivity index (χ0) is 22.7. The van der Waals surface area contributed by atoms with Crippen molar-refractivity contribution in [1.29, 1.82) is 0 Å². The number of imide groups is 1. The molecule has 1 aliphatic carbocycles. The van der Waals surface area contributed by atoms with Crippen LogP contribution in [0.5, 0.6) is 11.5 Å². The third kappa shape index (κ3) is 3.88. The molecule has 0 radical (unpaired) electrons. The summed E-state index contributed by atoms with van der Waals surface area (Å²) in [5.74, 6) is 0.519. The van der Waals surface area contributed by atoms with Gasteiger partial charge < -0.3 is 20.1 Å². The van der Waals surface area contributed by atoms with Gasteiger partial charge in [-0.25, -0.2) is 4.79 Å². The molecule has 1 saturated heterocycles. The van der Waals surface area contributed by atoms with Crippen LogP contribution in [0.4, 0.5) is 4.79 Å². The van der Waals surface area contributed by atoms with E-state index in [0.29, 0.717) is 30.9 Å². The topological polar surface area (TPSA) is 97.0 Å². The highest BCUT2D eigenvalue weighted by molar-refractivity contribution is 6.09. The first kappa shape index (κ1) is 21.7. The van der Waals surface area contributed by atoms with Gasteiger partial charge in [-0.3, -0.25) is 14.5 Å². The normalized spacial score (nSPS) is 19.5. The van der Waals surface area contributed by atoms with Gasteiger partial charge in [0.05, 0.1) is 14.2 Å². The van der Waals surface area contributed by atoms with Crippen molar-refractivity contribution in [2.75, 3.05) is 27.3 Å². The number of methoxy groups -OCH3 is 2. The molecule has 168 valence electrons. The lowest BCUT2D eigenvalue weighted by atomic mass is 9.76. The molecule has 4 rings (SSSR count). The molecule has 8 nitrogen and oxygen atoms in total. The van der Waals surface area contributed by atoms with E-state index < -0.39 is 11.6 Å². The van der Waals surface area contributed by atoms with Gasteiger partial charge >= 0.3 is 6.03 Å². The number of amides is 4. The first-order chi connectivity index (χ1) is 15.5. The Morgan fingerprint density at radius 1 is 1.12 bits per heavy atom. The standard InChI is InChI=1S/C24H27N3O5/c1-31-19-10-9-16(14-20(19)32-2)11-13-25-21(28)15-27-22(29)24(26-23(27)30)12-5-7-17-6-3-4-8-18(17)24/h3-4,6,8-10,14H,5,7,11-13,15H2,1-2H3,(H,25,28)(H,26,30). The molecule has 2 aromatic rings. The van der Waals surface area contributed by atoms with Gasteiger partial charge in [0.25, 0.3) is 5.91 Å². The Hall–Kier alpha value is -3.55. The van der Waals surface area contributed by atoms with E-state index in [0.717, 1.165) is 34.4 Å². The lowest BCUT2D eigenvalue weighted by Crippen LogP contribution is -2.47. The zero-order valence-corrected chi connectivity index (χ0v) is 18.3. The van der Waals surface area contributed by atoms with Crippen LogP contribution in [0.1, 0.15) is 29.5 Å². The van der Waals surface area contributed by atoms with Gasteiger partial charge in [0, 0.05) is 6.54 Å². The molecule has 1 aliphatic heterocycles. The Kier molecular flexibility index (Phi) is 6.03. The summed E-state index contributed by atoms with van der Waals surface area (Å²) in [4.78, 5) is 39.4. The van der Waals surface area contributed by atoms with Gasteiger partial charge in [-0.2, -0.15) is 0 Å². The quantitative estimate of drug-likeness (QED) is 0.647. The second-order valence-electron chi connectivity index (χ2n) is 8.03. The molecule has 0 saturated carbocycles. The number of carbonyl (C=O) groups excluding carboxylic acids is 3. The second kappa shape index (κ2) is 8.90. The van der Waals surface area contributed by atoms with Crippen LogP contribution in [-0.4, -0.2) is 50.1 Å². The first-order valence-corrected chi connectivity index (χ1v) is 10.7. The molecule has 4 amide bonds. The number of hydrogen-bond acceptors (Lipinski definition) is 5. The summed E-state index contributed by atoms with van der Waals surface area (Å²) < 4.78 is 10.5. The molecule has 8 heteroatoms. The second-order valence-corrected chi connectivity index (χ2v) is 8.03. The summed E-state index contributed by atoms with van der Waals surface area (Å²) in [7, 11) is 3.14. The minimum absolute atomic E-state index is 0.305. The van der Waals surface area contributed by atoms with Crippen LogP contribution in [0.2, 0.25) is 0 Å². The molecule has 32 heavy (non-hydrogen) atoms. The van der Waals surface area contributed by atoms with Crippen LogP contribution in [0.15, 0.2) is 42.5 Å². The van der Waals surface area contributed by atoms with E-state index in [4.69, 9.17) is 9.47 Å². The molecule has 1 unspecified atom stereocenters. The number of rotatable bonds is 7. The van der Waals surface area contributed by atoms with E-state index in [2.05, 4.69) is 10.6 Å². The summed E-state index contributed by atoms with van der Waals surface area (Å²) >= 11 is 0. The highest BCUT2D eigenvalue weighted by Gasteiger charge is 2.54. The van der Waals surface area contributed by atoms with Gasteiger partial charge in [-0.05, 0) is 54.5 Å². The van der Waals surface area contributed by atoms with Crippen LogP contribution in [-0.2, 0) is 28.0 Å². The fourth-order valence-electron chi connectivity index (χ4n) is 4.54. The predicted molar refractivity (Wildman–Crippen MR) is 118 cm³/mol. The van der Waals surface area contributed by atoms with Crippen molar-refractivity contribution >= 4 is 17.8 Å². The van der Waals surface area contributed by atoms with Gasteiger partial charge in [0.2, 0.25) is 5.91 Å². The number of aryl methyl sites for hydroxylation is 1. The number of nitrogens with zero attached hydrogens (tertiary/aromatic N) is 1. The van der Waals surface area contributed by atoms with E-state index in [1.54, 1.807) is 14.2 Å². The first-order valence-electron chi connectivity index (χ1n) is 10.7. The molecule has 1 atom stereocenters. The van der Waals surface area contributed by atoms with Crippen molar-refractivity contribution in [1.82, 2.24) is 15.5 Å². The molecule has 0 aromatic heterocycles. The maximum Gasteiger partial charge on any atom is 0.325 e. The number of hydrogen-bond donors (Lipinski definition) is 2. The Morgan fingerprint density at radius 2 is 1.91 bits per heavy atom. The molecule has 1 fully saturated rings. The molecule has 1 spiro atoms. The molecule has 2 aliphatic rings. The highest BCUT2D eigenvalue weighted by atomic mass is 16.5. The van der Waals surface area contributed by atoms with Gasteiger partial charge in [-0.15, -0.1) is 0 Å². The average Bonchev–Trinajstić information content (AvgIpc) is 3.04. The van der Waals surface area contributed by atoms with Crippen molar-refractivity contribution in [3.8, 4) is 11.5 Å². The lowest BCUT2D eigenvalue weighted by Gasteiger charge is -2.33. The van der Waals surface area contributed by atoms with E-state index in [-0.39, 0.29) is 18.4 Å². The Morgan fingerprint density at radius 3 is 2.69 bits per heavy atom. The van der Waals surface area contributed by atoms with E-state index >= 15 is 0 Å². The number of carbonyl (C=O) groups is 3. The van der Waals surface area contributed by atoms with Crippen molar-refractivity contribution in [2.24, 2.45) is 0 Å². The number of ether oxygens (including phenoxy) is 2. The molecule has 2 N–H and O–H groups in total. The molecule has 0 bridgehead atoms. The summed E-state index contributed by atoms with van der Waals surface area (Å²) in [6.45, 7) is 0.0620. The summed E-state index contributed by atoms with van der Waals surface area (Å²) in [5, 5.41) is 5.66. The van der Waals surface area contributed by atoms with Crippen molar-refractivity contribution in [3.63, 3.8) is 0 Å². The van der Waals surface area contributed by atoms with Gasteiger partial charge in [-0.1, -0.05) is 30.3 Å². The van der Waals surface area contributed by atoms with Crippen molar-refractivity contribution < 1.29 is 23.9 Å². The van der Waals surface area contributed by atoms with Crippen molar-refractivity contribution in [3.05, 3.63) is 59.2 Å². The monoisotopic (exact) mass is 437 g/mol. The van der Waals surface area contributed by atoms with Crippen LogP contribution in [0, 0.1) is 0 Å². The summed E-state index contributed by atoms with van der Waals surface area (Å²) in [5.41, 5.74) is 1.80. The van der Waals surface area contributed by atoms with Gasteiger partial charge in [0.1, 0.15) is 12.1 Å². The number of nitrogens with one attached hydrogen (secondary N) is 2. The molecular formula is C24H27N3O5. The maximum atomic E-state index is 13.3. The maximum absolute atomic E-state index is 13.3. The predicted octanol–water partition coefficient (Wildman–Crippen LogP) is 2.15. The van der Waals surface area contributed by atoms with Crippen LogP contribution in [0.25, 0.3) is 0 Å². The van der Waals surface area contributed by atoms with E-state index in [9.17, 15) is 14.4 Å². The van der Waals surface area contributed by atoms with Crippen LogP contribution in [0.3, 0.4) is 0 Å². The molecular weight excluding hydrogens is 410 g/mol. The lowest BCUT2D eigenvalue weighted by molar-refractivity contribution is -0.135. The number of urea groups is 1. The zero-order valence-electron chi connectivity index (χ0n) is 18.3. The summed E-state index contributed by atoms with van der Waals surface area (Å²) in [6.07, 6.45) is 2.78. The van der Waals surface area contributed by atoms with E-state index in [1.807, 2.05) is 42.5 Å². The Bertz CT molecular complexity index is 1050. The van der Waals surface area contributed by atoms with Gasteiger partial charge in [0.15, 0.2) is 11.5 Å². The Labute approximate surface area is 186 Å². The number of fused-ring (bicyclic) bond motifs is 2. The smallest absolute Gasteiger partial charge is 0.325 e. The fraction of sp³-hybridized carbons (Fsp3) is 0.375. The number of benzene rings is 2. The minimum atomic E-state index is -1.06. The minimum Gasteiger partial charge on any atom is -0.493 e. The highest BCUT2D eigenvalue weighted by Crippen LogP contribution is 2.39. The van der Waals surface area contributed by atoms with Crippen molar-refractivity contribution in [2.45, 2.75) is 31.2 Å². The largest absolute Gasteiger partial charge is 0.493 e. The third-order valence-electron chi connectivity index (χ3n) is 6.14. The summed E-state index contributed by atoms with van der Waals surface area (Å²) in [6, 6.07) is 12.7. The average molecular weight is 437 g/mol. The SMILES string of the molecule is COc1ccc(CCNC(=O)CN2C(=O)NC3(CCCc4ccccc43)C2=O)cc1OC.